The van der Waals surface area contributed by atoms with E-state index in [9.17, 15) is 0 Å². The van der Waals surface area contributed by atoms with Crippen molar-refractivity contribution in [2.45, 2.75) is 6.17 Å². The van der Waals surface area contributed by atoms with Crippen LogP contribution in [0.25, 0.3) is 77.1 Å². The van der Waals surface area contributed by atoms with E-state index in [-0.39, 0.29) is 6.17 Å². The zero-order valence-corrected chi connectivity index (χ0v) is 31.0. The minimum atomic E-state index is -0.286. The number of nitrogens with zero attached hydrogens (tertiary/aromatic N) is 3. The van der Waals surface area contributed by atoms with Gasteiger partial charge in [0.1, 0.15) is 6.17 Å². The highest BCUT2D eigenvalue weighted by Gasteiger charge is 2.21. The molecule has 1 atom stereocenters. The Balaban J connectivity index is 0.990. The van der Waals surface area contributed by atoms with Gasteiger partial charge in [-0.2, -0.15) is 0 Å². The number of aliphatic imine (C=N–C) groups is 1. The van der Waals surface area contributed by atoms with Gasteiger partial charge in [-0.25, -0.2) is 0 Å². The maximum atomic E-state index is 5.37. The molecule has 1 unspecified atom stereocenters. The zero-order valence-electron chi connectivity index (χ0n) is 31.0. The summed E-state index contributed by atoms with van der Waals surface area (Å²) in [5.41, 5.74) is 13.2. The summed E-state index contributed by atoms with van der Waals surface area (Å²) in [7, 11) is 0. The lowest BCUT2D eigenvalue weighted by Crippen LogP contribution is -2.24. The minimum Gasteiger partial charge on any atom is -0.360 e. The lowest BCUT2D eigenvalue weighted by molar-refractivity contribution is 0.664. The maximum absolute atomic E-state index is 5.37. The first-order valence-corrected chi connectivity index (χ1v) is 19.4. The van der Waals surface area contributed by atoms with Crippen LogP contribution in [0.1, 0.15) is 22.9 Å². The molecule has 0 amide bonds. The average Bonchev–Trinajstić information content (AvgIpc) is 3.63. The summed E-state index contributed by atoms with van der Waals surface area (Å²) in [6, 6.07) is 69.3. The van der Waals surface area contributed by atoms with Gasteiger partial charge in [0.05, 0.1) is 22.4 Å². The van der Waals surface area contributed by atoms with Crippen LogP contribution in [0.4, 0.5) is 0 Å². The summed E-state index contributed by atoms with van der Waals surface area (Å²) in [6.45, 7) is 0. The standard InChI is InChI=1S/C53H36N4/c1-3-13-43-40(11-1)33-41-12-2-4-14-44(41)52(43)38-24-26-39(27-25-38)53-55-48(36-22-20-35(21-23-36)47-17-9-10-32-54-47)34-49(56-53)37-28-30-42(31-29-37)57-50-18-7-5-15-45(50)46-16-6-8-19-51(46)57/h1-34,53,55H. The number of rotatable bonds is 6. The van der Waals surface area contributed by atoms with Crippen LogP contribution in [0.3, 0.4) is 0 Å². The van der Waals surface area contributed by atoms with Crippen molar-refractivity contribution >= 4 is 54.8 Å². The van der Waals surface area contributed by atoms with Gasteiger partial charge in [0.25, 0.3) is 0 Å². The van der Waals surface area contributed by atoms with Crippen molar-refractivity contribution in [1.82, 2.24) is 14.9 Å². The second-order valence-electron chi connectivity index (χ2n) is 14.6. The topological polar surface area (TPSA) is 42.2 Å². The highest BCUT2D eigenvalue weighted by atomic mass is 15.1. The number of hydrogen-bond donors (Lipinski definition) is 1. The predicted molar refractivity (Wildman–Crippen MR) is 238 cm³/mol. The molecule has 0 bridgehead atoms. The molecule has 8 aromatic carbocycles. The molecule has 0 fully saturated rings. The van der Waals surface area contributed by atoms with Gasteiger partial charge in [-0.05, 0) is 97.9 Å². The molecule has 57 heavy (non-hydrogen) atoms. The van der Waals surface area contributed by atoms with Gasteiger partial charge in [0.15, 0.2) is 0 Å². The largest absolute Gasteiger partial charge is 0.360 e. The van der Waals surface area contributed by atoms with Crippen molar-refractivity contribution < 1.29 is 0 Å². The van der Waals surface area contributed by atoms with Gasteiger partial charge in [-0.3, -0.25) is 9.98 Å². The maximum Gasteiger partial charge on any atom is 0.145 e. The van der Waals surface area contributed by atoms with Crippen LogP contribution < -0.4 is 5.32 Å². The number of para-hydroxylation sites is 2. The van der Waals surface area contributed by atoms with Crippen molar-refractivity contribution in [3.63, 3.8) is 0 Å². The minimum absolute atomic E-state index is 0.286. The van der Waals surface area contributed by atoms with E-state index in [1.54, 1.807) is 0 Å². The Bertz CT molecular complexity index is 3070. The fraction of sp³-hybridized carbons (Fsp3) is 0.0189. The predicted octanol–water partition coefficient (Wildman–Crippen LogP) is 13.0. The molecule has 4 heteroatoms. The van der Waals surface area contributed by atoms with Crippen LogP contribution in [0, 0.1) is 0 Å². The van der Waals surface area contributed by atoms with Crippen LogP contribution in [-0.2, 0) is 0 Å². The van der Waals surface area contributed by atoms with Crippen molar-refractivity contribution in [2.75, 3.05) is 0 Å². The fourth-order valence-electron chi connectivity index (χ4n) is 8.51. The number of nitrogens with one attached hydrogen (secondary N) is 1. The van der Waals surface area contributed by atoms with Crippen molar-refractivity contribution in [3.05, 3.63) is 223 Å². The van der Waals surface area contributed by atoms with Crippen LogP contribution in [-0.4, -0.2) is 15.3 Å². The highest BCUT2D eigenvalue weighted by Crippen LogP contribution is 2.38. The van der Waals surface area contributed by atoms with E-state index >= 15 is 0 Å². The SMILES string of the molecule is C1=C(c2ccc(-c3ccccn3)cc2)NC(c2ccc(-c3c4ccccc4cc4ccccc34)cc2)N=C1c1ccc(-n2c3ccccc3c3ccccc32)cc1. The fourth-order valence-corrected chi connectivity index (χ4v) is 8.51. The Labute approximate surface area is 330 Å². The number of allylic oxidation sites excluding steroid dienone is 1. The number of aromatic nitrogens is 2. The second kappa shape index (κ2) is 13.6. The van der Waals surface area contributed by atoms with E-state index < -0.39 is 0 Å². The molecule has 1 N–H and O–H groups in total. The zero-order chi connectivity index (χ0) is 37.7. The van der Waals surface area contributed by atoms with Gasteiger partial charge < -0.3 is 9.88 Å². The quantitative estimate of drug-likeness (QED) is 0.173. The van der Waals surface area contributed by atoms with Crippen LogP contribution >= 0.6 is 0 Å². The Morgan fingerprint density at radius 1 is 0.456 bits per heavy atom. The molecule has 1 aliphatic heterocycles. The Hall–Kier alpha value is -7.56. The lowest BCUT2D eigenvalue weighted by Gasteiger charge is -2.25. The summed E-state index contributed by atoms with van der Waals surface area (Å²) in [4.78, 5) is 9.93. The van der Waals surface area contributed by atoms with Gasteiger partial charge in [-0.1, -0.05) is 152 Å². The summed E-state index contributed by atoms with van der Waals surface area (Å²) < 4.78 is 2.35. The van der Waals surface area contributed by atoms with Crippen molar-refractivity contribution in [1.29, 1.82) is 0 Å². The summed E-state index contributed by atoms with van der Waals surface area (Å²) in [5.74, 6) is 0. The Morgan fingerprint density at radius 3 is 1.63 bits per heavy atom. The van der Waals surface area contributed by atoms with Crippen LogP contribution in [0.5, 0.6) is 0 Å². The third kappa shape index (κ3) is 5.78. The van der Waals surface area contributed by atoms with E-state index in [1.165, 1.54) is 54.5 Å². The third-order valence-corrected chi connectivity index (χ3v) is 11.3. The molecule has 0 radical (unpaired) electrons. The Morgan fingerprint density at radius 2 is 1.00 bits per heavy atom. The van der Waals surface area contributed by atoms with Crippen LogP contribution in [0.2, 0.25) is 0 Å². The first-order chi connectivity index (χ1) is 28.2. The molecule has 0 saturated heterocycles. The van der Waals surface area contributed by atoms with Gasteiger partial charge in [-0.15, -0.1) is 0 Å². The Kier molecular flexibility index (Phi) is 7.85. The molecule has 268 valence electrons. The second-order valence-corrected chi connectivity index (χ2v) is 14.6. The number of benzene rings is 8. The molecule has 0 spiro atoms. The van der Waals surface area contributed by atoms with Gasteiger partial charge in [0.2, 0.25) is 0 Å². The molecular formula is C53H36N4. The van der Waals surface area contributed by atoms with E-state index in [2.05, 4.69) is 197 Å². The molecular weight excluding hydrogens is 693 g/mol. The van der Waals surface area contributed by atoms with Gasteiger partial charge in [0, 0.05) is 33.9 Å². The third-order valence-electron chi connectivity index (χ3n) is 11.3. The van der Waals surface area contributed by atoms with E-state index in [0.29, 0.717) is 0 Å². The monoisotopic (exact) mass is 728 g/mol. The normalized spacial score (nSPS) is 14.1. The van der Waals surface area contributed by atoms with Crippen LogP contribution in [0.15, 0.2) is 211 Å². The molecule has 2 aromatic heterocycles. The summed E-state index contributed by atoms with van der Waals surface area (Å²) in [6.07, 6.45) is 3.73. The number of hydrogen-bond acceptors (Lipinski definition) is 3. The highest BCUT2D eigenvalue weighted by molar-refractivity contribution is 6.14. The van der Waals surface area contributed by atoms with E-state index in [1.807, 2.05) is 24.4 Å². The smallest absolute Gasteiger partial charge is 0.145 e. The molecule has 1 aliphatic rings. The molecule has 0 aliphatic carbocycles. The van der Waals surface area contributed by atoms with Crippen molar-refractivity contribution in [2.24, 2.45) is 4.99 Å². The average molecular weight is 729 g/mol. The number of fused-ring (bicyclic) bond motifs is 5. The molecule has 3 heterocycles. The molecule has 0 saturated carbocycles. The lowest BCUT2D eigenvalue weighted by atomic mass is 9.91. The molecule has 11 rings (SSSR count). The number of pyridine rings is 1. The summed E-state index contributed by atoms with van der Waals surface area (Å²) >= 11 is 0. The van der Waals surface area contributed by atoms with E-state index in [4.69, 9.17) is 4.99 Å². The first kappa shape index (κ1) is 32.8. The first-order valence-electron chi connectivity index (χ1n) is 19.4. The van der Waals surface area contributed by atoms with Gasteiger partial charge >= 0.3 is 0 Å². The molecule has 10 aromatic rings. The van der Waals surface area contributed by atoms with Crippen molar-refractivity contribution in [3.8, 4) is 28.1 Å². The summed E-state index contributed by atoms with van der Waals surface area (Å²) in [5, 5.41) is 11.3. The molecule has 4 nitrogen and oxygen atoms in total. The van der Waals surface area contributed by atoms with E-state index in [0.717, 1.165) is 45.0 Å².